The highest BCUT2D eigenvalue weighted by molar-refractivity contribution is 6.02. The number of alkyl halides is 3. The Morgan fingerprint density at radius 2 is 1.88 bits per heavy atom. The summed E-state index contributed by atoms with van der Waals surface area (Å²) in [5, 5.41) is 11.3. The number of carbonyl (C=O) groups excluding carboxylic acids is 2. The lowest BCUT2D eigenvalue weighted by atomic mass is 10.1. The van der Waals surface area contributed by atoms with E-state index >= 15 is 0 Å². The maximum atomic E-state index is 12.8. The van der Waals surface area contributed by atoms with Crippen molar-refractivity contribution >= 4 is 23.2 Å². The molecular weight excluding hydrogens is 427 g/mol. The van der Waals surface area contributed by atoms with Crippen LogP contribution in [0.4, 0.5) is 18.9 Å². The van der Waals surface area contributed by atoms with E-state index < -0.39 is 30.1 Å². The second-order valence-electron chi connectivity index (χ2n) is 6.91. The molecule has 0 fully saturated rings. The van der Waals surface area contributed by atoms with Crippen molar-refractivity contribution in [2.24, 2.45) is 5.10 Å². The van der Waals surface area contributed by atoms with Crippen LogP contribution in [0.2, 0.25) is 0 Å². The van der Waals surface area contributed by atoms with Crippen LogP contribution < -0.4 is 5.32 Å². The van der Waals surface area contributed by atoms with E-state index in [9.17, 15) is 22.8 Å². The minimum Gasteiger partial charge on any atom is -0.332 e. The van der Waals surface area contributed by atoms with Crippen molar-refractivity contribution in [2.45, 2.75) is 19.0 Å². The fourth-order valence-electron chi connectivity index (χ4n) is 3.03. The average Bonchev–Trinajstić information content (AvgIpc) is 3.26. The first-order valence-corrected chi connectivity index (χ1v) is 9.54. The summed E-state index contributed by atoms with van der Waals surface area (Å²) in [6.45, 7) is -0.474. The Morgan fingerprint density at radius 1 is 1.09 bits per heavy atom. The molecule has 0 aliphatic carbocycles. The highest BCUT2D eigenvalue weighted by atomic mass is 19.4. The van der Waals surface area contributed by atoms with Crippen LogP contribution in [0.1, 0.15) is 24.3 Å². The number of hydrazone groups is 1. The molecule has 11 heteroatoms. The second-order valence-corrected chi connectivity index (χ2v) is 6.91. The standard InChI is InChI=1S/C21H16F3N5O3/c22-21(23,24)14-7-4-8-15(11-14)25-17(30)12-29-18(31)10-9-16(27-29)20-26-19(28-32-20)13-5-2-1-3-6-13/h1-8,11H,9-10,12H2,(H,25,30). The number of amides is 2. The fraction of sp³-hybridized carbons (Fsp3) is 0.190. The topological polar surface area (TPSA) is 101 Å². The highest BCUT2D eigenvalue weighted by Gasteiger charge is 2.31. The molecule has 0 unspecified atom stereocenters. The van der Waals surface area contributed by atoms with Crippen molar-refractivity contribution in [2.75, 3.05) is 11.9 Å². The summed E-state index contributed by atoms with van der Waals surface area (Å²) in [4.78, 5) is 28.8. The lowest BCUT2D eigenvalue weighted by Gasteiger charge is -2.21. The van der Waals surface area contributed by atoms with Crippen molar-refractivity contribution in [3.05, 3.63) is 66.1 Å². The fourth-order valence-corrected chi connectivity index (χ4v) is 3.03. The highest BCUT2D eigenvalue weighted by Crippen LogP contribution is 2.30. The Kier molecular flexibility index (Phi) is 5.71. The van der Waals surface area contributed by atoms with Gasteiger partial charge in [0.05, 0.1) is 5.56 Å². The molecule has 1 N–H and O–H groups in total. The van der Waals surface area contributed by atoms with Crippen LogP contribution in [0.15, 0.2) is 64.2 Å². The van der Waals surface area contributed by atoms with Gasteiger partial charge in [-0.05, 0) is 18.2 Å². The molecule has 1 aliphatic heterocycles. The Balaban J connectivity index is 1.47. The van der Waals surface area contributed by atoms with E-state index in [0.717, 1.165) is 22.7 Å². The Hall–Kier alpha value is -4.02. The number of halogens is 3. The number of nitrogens with zero attached hydrogens (tertiary/aromatic N) is 4. The van der Waals surface area contributed by atoms with Gasteiger partial charge >= 0.3 is 6.18 Å². The average molecular weight is 443 g/mol. The van der Waals surface area contributed by atoms with Crippen LogP contribution in [0.25, 0.3) is 11.4 Å². The zero-order chi connectivity index (χ0) is 22.7. The van der Waals surface area contributed by atoms with Crippen LogP contribution >= 0.6 is 0 Å². The summed E-state index contributed by atoms with van der Waals surface area (Å²) >= 11 is 0. The minimum atomic E-state index is -4.54. The van der Waals surface area contributed by atoms with Crippen LogP contribution in [0.3, 0.4) is 0 Å². The van der Waals surface area contributed by atoms with Crippen LogP contribution in [0, 0.1) is 0 Å². The van der Waals surface area contributed by atoms with Gasteiger partial charge < -0.3 is 9.84 Å². The third-order valence-corrected chi connectivity index (χ3v) is 4.58. The lowest BCUT2D eigenvalue weighted by molar-refractivity contribution is -0.137. The van der Waals surface area contributed by atoms with Crippen molar-refractivity contribution in [1.29, 1.82) is 0 Å². The van der Waals surface area contributed by atoms with Gasteiger partial charge in [0.1, 0.15) is 12.3 Å². The molecule has 0 atom stereocenters. The van der Waals surface area contributed by atoms with E-state index in [-0.39, 0.29) is 24.4 Å². The quantitative estimate of drug-likeness (QED) is 0.648. The van der Waals surface area contributed by atoms with Gasteiger partial charge in [-0.3, -0.25) is 9.59 Å². The van der Waals surface area contributed by atoms with E-state index in [2.05, 4.69) is 20.6 Å². The SMILES string of the molecule is O=C(CN1N=C(c2nc(-c3ccccc3)no2)CCC1=O)Nc1cccc(C(F)(F)F)c1. The summed E-state index contributed by atoms with van der Waals surface area (Å²) in [6.07, 6.45) is -4.22. The van der Waals surface area contributed by atoms with Crippen molar-refractivity contribution < 1.29 is 27.3 Å². The number of rotatable bonds is 5. The van der Waals surface area contributed by atoms with E-state index in [1.807, 2.05) is 30.3 Å². The molecule has 3 aromatic rings. The first-order valence-electron chi connectivity index (χ1n) is 9.54. The van der Waals surface area contributed by atoms with Gasteiger partial charge in [0.15, 0.2) is 0 Å². The maximum Gasteiger partial charge on any atom is 0.416 e. The maximum absolute atomic E-state index is 12.8. The third kappa shape index (κ3) is 4.82. The number of nitrogens with one attached hydrogen (secondary N) is 1. The zero-order valence-electron chi connectivity index (χ0n) is 16.5. The number of carbonyl (C=O) groups is 2. The first kappa shape index (κ1) is 21.2. The Morgan fingerprint density at radius 3 is 2.62 bits per heavy atom. The molecule has 2 amide bonds. The molecule has 8 nitrogen and oxygen atoms in total. The minimum absolute atomic E-state index is 0.0390. The van der Waals surface area contributed by atoms with Crippen LogP contribution in [-0.4, -0.2) is 39.2 Å². The Labute approximate surface area is 179 Å². The van der Waals surface area contributed by atoms with Gasteiger partial charge in [0.25, 0.3) is 5.89 Å². The van der Waals surface area contributed by atoms with Crippen molar-refractivity contribution in [3.63, 3.8) is 0 Å². The lowest BCUT2D eigenvalue weighted by Crippen LogP contribution is -2.38. The van der Waals surface area contributed by atoms with E-state index in [0.29, 0.717) is 11.5 Å². The molecule has 0 radical (unpaired) electrons. The molecule has 0 bridgehead atoms. The number of anilines is 1. The molecule has 0 saturated heterocycles. The largest absolute Gasteiger partial charge is 0.416 e. The molecule has 2 heterocycles. The van der Waals surface area contributed by atoms with Gasteiger partial charge in [-0.25, -0.2) is 5.01 Å². The summed E-state index contributed by atoms with van der Waals surface area (Å²) in [6, 6.07) is 13.3. The number of hydrogen-bond donors (Lipinski definition) is 1. The summed E-state index contributed by atoms with van der Waals surface area (Å²) < 4.78 is 43.8. The molecule has 164 valence electrons. The normalized spacial score (nSPS) is 14.3. The number of benzene rings is 2. The van der Waals surface area contributed by atoms with Gasteiger partial charge in [-0.2, -0.15) is 23.3 Å². The smallest absolute Gasteiger partial charge is 0.332 e. The predicted molar refractivity (Wildman–Crippen MR) is 107 cm³/mol. The van der Waals surface area contributed by atoms with E-state index in [1.165, 1.54) is 12.1 Å². The number of hydrogen-bond acceptors (Lipinski definition) is 6. The predicted octanol–water partition coefficient (Wildman–Crippen LogP) is 3.72. The Bertz CT molecular complexity index is 1170. The van der Waals surface area contributed by atoms with Gasteiger partial charge in [0.2, 0.25) is 17.6 Å². The molecule has 0 saturated carbocycles. The first-order chi connectivity index (χ1) is 15.3. The van der Waals surface area contributed by atoms with Crippen molar-refractivity contribution in [3.8, 4) is 11.4 Å². The third-order valence-electron chi connectivity index (χ3n) is 4.58. The van der Waals surface area contributed by atoms with Crippen LogP contribution in [0.5, 0.6) is 0 Å². The summed E-state index contributed by atoms with van der Waals surface area (Å²) in [5.41, 5.74) is 0.150. The van der Waals surface area contributed by atoms with Crippen LogP contribution in [-0.2, 0) is 15.8 Å². The molecule has 2 aromatic carbocycles. The molecule has 1 aromatic heterocycles. The molecule has 0 spiro atoms. The van der Waals surface area contributed by atoms with Crippen molar-refractivity contribution in [1.82, 2.24) is 15.1 Å². The molecule has 32 heavy (non-hydrogen) atoms. The van der Waals surface area contributed by atoms with E-state index in [1.54, 1.807) is 0 Å². The monoisotopic (exact) mass is 443 g/mol. The molecule has 1 aliphatic rings. The second kappa shape index (κ2) is 8.61. The van der Waals surface area contributed by atoms with E-state index in [4.69, 9.17) is 4.52 Å². The zero-order valence-corrected chi connectivity index (χ0v) is 16.5. The van der Waals surface area contributed by atoms with Gasteiger partial charge in [-0.1, -0.05) is 41.6 Å². The van der Waals surface area contributed by atoms with Gasteiger partial charge in [0, 0.05) is 24.1 Å². The molecule has 4 rings (SSSR count). The summed E-state index contributed by atoms with van der Waals surface area (Å²) in [5.74, 6) is -0.623. The molecular formula is C21H16F3N5O3. The number of aromatic nitrogens is 2. The van der Waals surface area contributed by atoms with Gasteiger partial charge in [-0.15, -0.1) is 0 Å². The summed E-state index contributed by atoms with van der Waals surface area (Å²) in [7, 11) is 0.